The number of rotatable bonds is 5. The molecule has 0 saturated carbocycles. The minimum atomic E-state index is -3.87. The van der Waals surface area contributed by atoms with Gasteiger partial charge in [0, 0.05) is 26.2 Å². The molecule has 7 nitrogen and oxygen atoms in total. The summed E-state index contributed by atoms with van der Waals surface area (Å²) in [5, 5.41) is 0. The molecule has 2 aromatic rings. The average Bonchev–Trinajstić information content (AvgIpc) is 2.87. The summed E-state index contributed by atoms with van der Waals surface area (Å²) in [7, 11) is -6.27. The van der Waals surface area contributed by atoms with Crippen molar-refractivity contribution in [3.8, 4) is 0 Å². The van der Waals surface area contributed by atoms with Gasteiger partial charge in [0.25, 0.3) is 0 Å². The van der Waals surface area contributed by atoms with Crippen LogP contribution in [0.5, 0.6) is 0 Å². The maximum absolute atomic E-state index is 13.6. The van der Waals surface area contributed by atoms with Gasteiger partial charge in [-0.05, 0) is 61.1 Å². The molecule has 156 valence electrons. The fraction of sp³-hybridized carbons (Fsp3) is 0.368. The summed E-state index contributed by atoms with van der Waals surface area (Å²) in [6.07, 6.45) is 3.97. The van der Waals surface area contributed by atoms with Crippen molar-refractivity contribution in [2.75, 3.05) is 28.7 Å². The Balaban J connectivity index is 1.51. The van der Waals surface area contributed by atoms with Gasteiger partial charge in [0.15, 0.2) is 0 Å². The van der Waals surface area contributed by atoms with E-state index in [0.29, 0.717) is 5.69 Å². The van der Waals surface area contributed by atoms with E-state index in [1.807, 2.05) is 6.07 Å². The largest absolute Gasteiger partial charge is 0.326 e. The summed E-state index contributed by atoms with van der Waals surface area (Å²) in [5.74, 6) is -0.561. The van der Waals surface area contributed by atoms with Crippen LogP contribution in [0.1, 0.15) is 24.0 Å². The standard InChI is InChI=1S/C19H22FN3O4S2/c1-22-18-9-7-16(20)13-19(18)23(29(22,26)27)11-10-21-28(24,25)17-8-6-14-4-2-3-5-15(14)12-17/h6-9,12-13,21H,2-5,10-11H2,1H3. The second-order valence-electron chi connectivity index (χ2n) is 7.22. The zero-order chi connectivity index (χ0) is 20.8. The molecule has 0 aromatic heterocycles. The third-order valence-electron chi connectivity index (χ3n) is 5.41. The third-order valence-corrected chi connectivity index (χ3v) is 8.69. The van der Waals surface area contributed by atoms with Gasteiger partial charge in [0.1, 0.15) is 5.82 Å². The summed E-state index contributed by atoms with van der Waals surface area (Å²) in [6.45, 7) is -0.282. The maximum Gasteiger partial charge on any atom is 0.326 e. The summed E-state index contributed by atoms with van der Waals surface area (Å²) in [6, 6.07) is 8.84. The van der Waals surface area contributed by atoms with E-state index in [4.69, 9.17) is 0 Å². The number of aryl methyl sites for hydroxylation is 2. The normalized spacial score (nSPS) is 17.9. The molecular weight excluding hydrogens is 417 g/mol. The molecule has 0 amide bonds. The van der Waals surface area contributed by atoms with E-state index >= 15 is 0 Å². The van der Waals surface area contributed by atoms with Crippen molar-refractivity contribution in [3.63, 3.8) is 0 Å². The molecule has 2 aromatic carbocycles. The van der Waals surface area contributed by atoms with Crippen LogP contribution in [0, 0.1) is 5.82 Å². The Morgan fingerprint density at radius 3 is 2.52 bits per heavy atom. The Morgan fingerprint density at radius 2 is 1.76 bits per heavy atom. The minimum absolute atomic E-state index is 0.136. The molecule has 29 heavy (non-hydrogen) atoms. The monoisotopic (exact) mass is 439 g/mol. The molecule has 10 heteroatoms. The Bertz CT molecular complexity index is 1170. The van der Waals surface area contributed by atoms with Gasteiger partial charge in [-0.2, -0.15) is 8.42 Å². The van der Waals surface area contributed by atoms with Gasteiger partial charge in [0.05, 0.1) is 16.3 Å². The van der Waals surface area contributed by atoms with Crippen molar-refractivity contribution in [2.24, 2.45) is 0 Å². The van der Waals surface area contributed by atoms with Crippen LogP contribution in [-0.4, -0.2) is 37.0 Å². The first-order valence-electron chi connectivity index (χ1n) is 9.38. The number of sulfonamides is 1. The molecule has 0 saturated heterocycles. The van der Waals surface area contributed by atoms with Crippen LogP contribution in [0.3, 0.4) is 0 Å². The summed E-state index contributed by atoms with van der Waals surface area (Å²) in [5.41, 5.74) is 2.77. The quantitative estimate of drug-likeness (QED) is 0.774. The number of fused-ring (bicyclic) bond motifs is 2. The maximum atomic E-state index is 13.6. The molecule has 1 aliphatic carbocycles. The fourth-order valence-electron chi connectivity index (χ4n) is 3.84. The van der Waals surface area contributed by atoms with E-state index in [1.165, 1.54) is 24.7 Å². The van der Waals surface area contributed by atoms with Crippen molar-refractivity contribution in [2.45, 2.75) is 30.6 Å². The van der Waals surface area contributed by atoms with E-state index in [2.05, 4.69) is 4.72 Å². The van der Waals surface area contributed by atoms with Crippen molar-refractivity contribution in [1.82, 2.24) is 4.72 Å². The van der Waals surface area contributed by atoms with E-state index in [9.17, 15) is 21.2 Å². The summed E-state index contributed by atoms with van der Waals surface area (Å²) < 4.78 is 68.7. The first-order chi connectivity index (χ1) is 13.7. The van der Waals surface area contributed by atoms with Gasteiger partial charge in [-0.1, -0.05) is 6.07 Å². The molecule has 0 spiro atoms. The molecule has 0 fully saturated rings. The molecule has 0 atom stereocenters. The highest BCUT2D eigenvalue weighted by atomic mass is 32.2. The number of hydrogen-bond donors (Lipinski definition) is 1. The van der Waals surface area contributed by atoms with Crippen LogP contribution in [0.25, 0.3) is 0 Å². The van der Waals surface area contributed by atoms with Gasteiger partial charge >= 0.3 is 10.2 Å². The van der Waals surface area contributed by atoms with E-state index in [1.54, 1.807) is 12.1 Å². The topological polar surface area (TPSA) is 86.8 Å². The van der Waals surface area contributed by atoms with E-state index in [0.717, 1.165) is 45.9 Å². The Labute approximate surface area is 170 Å². The minimum Gasteiger partial charge on any atom is -0.254 e. The van der Waals surface area contributed by atoms with Crippen LogP contribution >= 0.6 is 0 Å². The first-order valence-corrected chi connectivity index (χ1v) is 12.3. The van der Waals surface area contributed by atoms with Gasteiger partial charge < -0.3 is 0 Å². The highest BCUT2D eigenvalue weighted by molar-refractivity contribution is 7.94. The van der Waals surface area contributed by atoms with Gasteiger partial charge in [-0.15, -0.1) is 0 Å². The SMILES string of the molecule is CN1c2ccc(F)cc2N(CCNS(=O)(=O)c2ccc3c(c2)CCCC3)S1(=O)=O. The van der Waals surface area contributed by atoms with Crippen molar-refractivity contribution in [3.05, 3.63) is 53.3 Å². The fourth-order valence-corrected chi connectivity index (χ4v) is 6.32. The lowest BCUT2D eigenvalue weighted by Crippen LogP contribution is -2.40. The van der Waals surface area contributed by atoms with Crippen LogP contribution in [0.2, 0.25) is 0 Å². The number of hydrogen-bond acceptors (Lipinski definition) is 4. The molecule has 1 N–H and O–H groups in total. The predicted octanol–water partition coefficient (Wildman–Crippen LogP) is 2.18. The molecule has 0 unspecified atom stereocenters. The second-order valence-corrected chi connectivity index (χ2v) is 10.9. The smallest absolute Gasteiger partial charge is 0.254 e. The number of nitrogens with one attached hydrogen (secondary N) is 1. The number of benzene rings is 2. The van der Waals surface area contributed by atoms with E-state index in [-0.39, 0.29) is 23.7 Å². The number of nitrogens with zero attached hydrogens (tertiary/aromatic N) is 2. The van der Waals surface area contributed by atoms with E-state index < -0.39 is 26.0 Å². The average molecular weight is 440 g/mol. The Kier molecular flexibility index (Phi) is 5.04. The molecule has 0 bridgehead atoms. The summed E-state index contributed by atoms with van der Waals surface area (Å²) >= 11 is 0. The lowest BCUT2D eigenvalue weighted by Gasteiger charge is -2.20. The predicted molar refractivity (Wildman–Crippen MR) is 109 cm³/mol. The highest BCUT2D eigenvalue weighted by Crippen LogP contribution is 2.39. The molecular formula is C19H22FN3O4S2. The molecule has 2 aliphatic rings. The second kappa shape index (κ2) is 7.26. The van der Waals surface area contributed by atoms with Gasteiger partial charge in [0.2, 0.25) is 10.0 Å². The first kappa shape index (κ1) is 20.1. The Hall–Kier alpha value is -2.17. The zero-order valence-corrected chi connectivity index (χ0v) is 17.6. The van der Waals surface area contributed by atoms with Crippen LogP contribution < -0.4 is 13.3 Å². The third kappa shape index (κ3) is 3.60. The summed E-state index contributed by atoms with van der Waals surface area (Å²) in [4.78, 5) is 0.172. The Morgan fingerprint density at radius 1 is 1.03 bits per heavy atom. The lowest BCUT2D eigenvalue weighted by molar-refractivity contribution is 0.577. The molecule has 0 radical (unpaired) electrons. The zero-order valence-electron chi connectivity index (χ0n) is 15.9. The molecule has 4 rings (SSSR count). The highest BCUT2D eigenvalue weighted by Gasteiger charge is 2.38. The van der Waals surface area contributed by atoms with Crippen LogP contribution in [-0.2, 0) is 33.1 Å². The van der Waals surface area contributed by atoms with Gasteiger partial charge in [-0.25, -0.2) is 21.8 Å². The van der Waals surface area contributed by atoms with Crippen LogP contribution in [0.4, 0.5) is 15.8 Å². The number of anilines is 2. The lowest BCUT2D eigenvalue weighted by atomic mass is 9.92. The van der Waals surface area contributed by atoms with Gasteiger partial charge in [-0.3, -0.25) is 4.31 Å². The van der Waals surface area contributed by atoms with Crippen molar-refractivity contribution < 1.29 is 21.2 Å². The van der Waals surface area contributed by atoms with Crippen molar-refractivity contribution in [1.29, 1.82) is 0 Å². The molecule has 1 heterocycles. The number of halogens is 1. The van der Waals surface area contributed by atoms with Crippen LogP contribution in [0.15, 0.2) is 41.3 Å². The molecule has 1 aliphatic heterocycles. The van der Waals surface area contributed by atoms with Crippen molar-refractivity contribution >= 4 is 31.6 Å².